The van der Waals surface area contributed by atoms with E-state index in [0.717, 1.165) is 20.2 Å². The molecule has 2 rings (SSSR count). The number of pyridine rings is 1. The number of hydrogen-bond acceptors (Lipinski definition) is 3. The number of phenols is 1. The van der Waals surface area contributed by atoms with E-state index in [1.54, 1.807) is 18.3 Å². The van der Waals surface area contributed by atoms with E-state index < -0.39 is 0 Å². The largest absolute Gasteiger partial charge is 0.508 e. The zero-order chi connectivity index (χ0) is 13.1. The van der Waals surface area contributed by atoms with Crippen molar-refractivity contribution >= 4 is 49.1 Å². The van der Waals surface area contributed by atoms with Gasteiger partial charge in [-0.15, -0.1) is 0 Å². The van der Waals surface area contributed by atoms with E-state index in [1.165, 1.54) is 0 Å². The van der Waals surface area contributed by atoms with Crippen molar-refractivity contribution in [2.75, 3.05) is 5.32 Å². The summed E-state index contributed by atoms with van der Waals surface area (Å²) in [5.74, 6) is 0.256. The number of benzene rings is 1. The van der Waals surface area contributed by atoms with E-state index in [2.05, 4.69) is 42.2 Å². The molecule has 0 aliphatic carbocycles. The average molecular weight is 392 g/mol. The third-order valence-electron chi connectivity index (χ3n) is 2.32. The molecule has 0 atom stereocenters. The number of nitrogens with zero attached hydrogens (tertiary/aromatic N) is 1. The van der Waals surface area contributed by atoms with Gasteiger partial charge in [-0.2, -0.15) is 0 Å². The van der Waals surface area contributed by atoms with Gasteiger partial charge in [0.2, 0.25) is 0 Å². The number of anilines is 1. The van der Waals surface area contributed by atoms with Crippen LogP contribution in [0.3, 0.4) is 0 Å². The number of rotatable bonds is 3. The summed E-state index contributed by atoms with van der Waals surface area (Å²) < 4.78 is 1.65. The summed E-state index contributed by atoms with van der Waals surface area (Å²) in [6.07, 6.45) is 1.64. The Morgan fingerprint density at radius 3 is 2.78 bits per heavy atom. The normalized spacial score (nSPS) is 10.4. The number of aromatic hydroxyl groups is 1. The van der Waals surface area contributed by atoms with Crippen LogP contribution in [0.25, 0.3) is 0 Å². The maximum absolute atomic E-state index is 9.70. The number of aromatic nitrogens is 1. The highest BCUT2D eigenvalue weighted by Crippen LogP contribution is 2.25. The number of nitrogens with one attached hydrogen (secondary N) is 1. The molecule has 0 aliphatic rings. The molecule has 6 heteroatoms. The summed E-state index contributed by atoms with van der Waals surface area (Å²) >= 11 is 12.5. The molecule has 0 fully saturated rings. The Balaban J connectivity index is 2.11. The van der Waals surface area contributed by atoms with Crippen molar-refractivity contribution in [3.8, 4) is 5.75 Å². The Hall–Kier alpha value is -0.780. The number of phenolic OH excluding ortho intramolecular Hbond substituents is 1. The molecule has 0 saturated carbocycles. The van der Waals surface area contributed by atoms with Crippen LogP contribution in [0.5, 0.6) is 5.75 Å². The van der Waals surface area contributed by atoms with E-state index in [9.17, 15) is 5.11 Å². The van der Waals surface area contributed by atoms with Crippen LogP contribution in [0.15, 0.2) is 39.4 Å². The molecular formula is C12H9Br2ClN2O. The second kappa shape index (κ2) is 5.91. The Kier molecular flexibility index (Phi) is 4.48. The second-order valence-corrected chi connectivity index (χ2v) is 5.75. The average Bonchev–Trinajstić information content (AvgIpc) is 2.34. The van der Waals surface area contributed by atoms with Crippen molar-refractivity contribution in [1.82, 2.24) is 4.98 Å². The van der Waals surface area contributed by atoms with Crippen molar-refractivity contribution < 1.29 is 5.11 Å². The van der Waals surface area contributed by atoms with E-state index in [1.807, 2.05) is 12.1 Å². The second-order valence-electron chi connectivity index (χ2n) is 3.62. The molecule has 0 amide bonds. The molecule has 0 radical (unpaired) electrons. The van der Waals surface area contributed by atoms with Gasteiger partial charge in [-0.25, -0.2) is 4.98 Å². The summed E-state index contributed by atoms with van der Waals surface area (Å²) in [6, 6.07) is 7.14. The van der Waals surface area contributed by atoms with Crippen molar-refractivity contribution in [2.24, 2.45) is 0 Å². The number of hydrogen-bond donors (Lipinski definition) is 2. The molecule has 0 saturated heterocycles. The molecule has 94 valence electrons. The first-order valence-electron chi connectivity index (χ1n) is 5.08. The highest BCUT2D eigenvalue weighted by molar-refractivity contribution is 9.10. The molecule has 0 spiro atoms. The van der Waals surface area contributed by atoms with Crippen LogP contribution in [0, 0.1) is 0 Å². The molecule has 1 aromatic carbocycles. The summed E-state index contributed by atoms with van der Waals surface area (Å²) in [4.78, 5) is 4.02. The lowest BCUT2D eigenvalue weighted by Crippen LogP contribution is -2.00. The molecule has 2 N–H and O–H groups in total. The molecular weight excluding hydrogens is 383 g/mol. The third-order valence-corrected chi connectivity index (χ3v) is 3.95. The van der Waals surface area contributed by atoms with Gasteiger partial charge in [-0.1, -0.05) is 27.5 Å². The Morgan fingerprint density at radius 1 is 1.28 bits per heavy atom. The van der Waals surface area contributed by atoms with Crippen molar-refractivity contribution in [1.29, 1.82) is 0 Å². The van der Waals surface area contributed by atoms with Crippen molar-refractivity contribution in [2.45, 2.75) is 6.54 Å². The highest BCUT2D eigenvalue weighted by atomic mass is 79.9. The first-order valence-corrected chi connectivity index (χ1v) is 7.05. The fourth-order valence-electron chi connectivity index (χ4n) is 1.41. The molecule has 2 aromatic rings. The molecule has 0 bridgehead atoms. The fourth-order valence-corrected chi connectivity index (χ4v) is 2.27. The van der Waals surface area contributed by atoms with Crippen LogP contribution in [-0.2, 0) is 6.54 Å². The van der Waals surface area contributed by atoms with Gasteiger partial charge in [0.25, 0.3) is 0 Å². The Bertz CT molecular complexity index is 578. The lowest BCUT2D eigenvalue weighted by atomic mass is 10.2. The first kappa shape index (κ1) is 13.6. The van der Waals surface area contributed by atoms with Crippen LogP contribution in [0.2, 0.25) is 5.15 Å². The van der Waals surface area contributed by atoms with Crippen LogP contribution >= 0.6 is 43.5 Å². The van der Waals surface area contributed by atoms with E-state index in [-0.39, 0.29) is 5.75 Å². The van der Waals surface area contributed by atoms with E-state index >= 15 is 0 Å². The van der Waals surface area contributed by atoms with Gasteiger partial charge in [0.1, 0.15) is 10.9 Å². The van der Waals surface area contributed by atoms with Crippen LogP contribution in [0.1, 0.15) is 5.56 Å². The predicted octanol–water partition coefficient (Wildman–Crippen LogP) is 4.58. The maximum atomic E-state index is 9.70. The molecule has 1 heterocycles. The lowest BCUT2D eigenvalue weighted by Gasteiger charge is -2.09. The van der Waals surface area contributed by atoms with Gasteiger partial charge in [0.15, 0.2) is 0 Å². The first-order chi connectivity index (χ1) is 8.56. The quantitative estimate of drug-likeness (QED) is 0.752. The minimum atomic E-state index is 0.256. The molecule has 0 unspecified atom stereocenters. The van der Waals surface area contributed by atoms with E-state index in [4.69, 9.17) is 11.6 Å². The smallest absolute Gasteiger partial charge is 0.143 e. The monoisotopic (exact) mass is 390 g/mol. The van der Waals surface area contributed by atoms with Gasteiger partial charge < -0.3 is 10.4 Å². The fraction of sp³-hybridized carbons (Fsp3) is 0.0833. The van der Waals surface area contributed by atoms with E-state index in [0.29, 0.717) is 11.7 Å². The van der Waals surface area contributed by atoms with Crippen molar-refractivity contribution in [3.05, 3.63) is 50.1 Å². The standard InChI is InChI=1S/C12H9Br2ClN2O/c13-8-1-2-11(18)7(3-8)5-16-9-4-10(14)12(15)17-6-9/h1-4,6,16,18H,5H2. The zero-order valence-corrected chi connectivity index (χ0v) is 13.1. The van der Waals surface area contributed by atoms with Crippen LogP contribution in [-0.4, -0.2) is 10.1 Å². The molecule has 0 aliphatic heterocycles. The highest BCUT2D eigenvalue weighted by Gasteiger charge is 2.04. The summed E-state index contributed by atoms with van der Waals surface area (Å²) in [6.45, 7) is 0.501. The summed E-state index contributed by atoms with van der Waals surface area (Å²) in [7, 11) is 0. The van der Waals surface area contributed by atoms with Crippen LogP contribution in [0.4, 0.5) is 5.69 Å². The minimum Gasteiger partial charge on any atom is -0.508 e. The van der Waals surface area contributed by atoms with Gasteiger partial charge >= 0.3 is 0 Å². The summed E-state index contributed by atoms with van der Waals surface area (Å²) in [5, 5.41) is 13.3. The predicted molar refractivity (Wildman–Crippen MR) is 80.1 cm³/mol. The van der Waals surface area contributed by atoms with Gasteiger partial charge in [-0.3, -0.25) is 0 Å². The topological polar surface area (TPSA) is 45.1 Å². The third kappa shape index (κ3) is 3.37. The molecule has 1 aromatic heterocycles. The maximum Gasteiger partial charge on any atom is 0.143 e. The summed E-state index contributed by atoms with van der Waals surface area (Å²) in [5.41, 5.74) is 1.63. The van der Waals surface area contributed by atoms with Gasteiger partial charge in [0.05, 0.1) is 16.4 Å². The molecule has 18 heavy (non-hydrogen) atoms. The van der Waals surface area contributed by atoms with Gasteiger partial charge in [0, 0.05) is 16.6 Å². The Morgan fingerprint density at radius 2 is 2.06 bits per heavy atom. The number of halogens is 3. The minimum absolute atomic E-state index is 0.256. The molecule has 3 nitrogen and oxygen atoms in total. The SMILES string of the molecule is Oc1ccc(Br)cc1CNc1cnc(Cl)c(Br)c1. The van der Waals surface area contributed by atoms with Crippen LogP contribution < -0.4 is 5.32 Å². The lowest BCUT2D eigenvalue weighted by molar-refractivity contribution is 0.469. The zero-order valence-electron chi connectivity index (χ0n) is 9.12. The Labute approximate surface area is 126 Å². The van der Waals surface area contributed by atoms with Gasteiger partial charge in [-0.05, 0) is 40.2 Å². The van der Waals surface area contributed by atoms with Crippen molar-refractivity contribution in [3.63, 3.8) is 0 Å².